The molecule has 1 aromatic heterocycles. The first-order valence-corrected chi connectivity index (χ1v) is 8.40. The standard InChI is InChI=1S/C18H25N3O4/c1-23-16-4-3-14(7-17(16)24-2)18-15(8-19-20-18)10-21-5-6-25-12-13(9-21)11-22/h3-4,7-8,13,22H,5-6,9-12H2,1-2H3,(H,19,20)/t13-/m1/s1. The summed E-state index contributed by atoms with van der Waals surface area (Å²) in [5.41, 5.74) is 3.06. The van der Waals surface area contributed by atoms with Crippen LogP contribution in [0, 0.1) is 5.92 Å². The second-order valence-electron chi connectivity index (χ2n) is 6.20. The fourth-order valence-corrected chi connectivity index (χ4v) is 3.12. The summed E-state index contributed by atoms with van der Waals surface area (Å²) in [6.07, 6.45) is 1.85. The molecule has 0 saturated carbocycles. The summed E-state index contributed by atoms with van der Waals surface area (Å²) in [6, 6.07) is 5.82. The number of rotatable bonds is 6. The predicted octanol–water partition coefficient (Wildman–Crippen LogP) is 1.53. The van der Waals surface area contributed by atoms with Crippen LogP contribution in [-0.4, -0.2) is 67.3 Å². The van der Waals surface area contributed by atoms with Crippen molar-refractivity contribution in [2.24, 2.45) is 5.92 Å². The second kappa shape index (κ2) is 8.33. The van der Waals surface area contributed by atoms with Gasteiger partial charge in [-0.25, -0.2) is 0 Å². The van der Waals surface area contributed by atoms with E-state index in [0.29, 0.717) is 24.7 Å². The van der Waals surface area contributed by atoms with Crippen LogP contribution in [0.3, 0.4) is 0 Å². The number of nitrogens with zero attached hydrogens (tertiary/aromatic N) is 2. The van der Waals surface area contributed by atoms with Crippen molar-refractivity contribution in [1.82, 2.24) is 15.1 Å². The molecule has 0 aliphatic carbocycles. The zero-order chi connectivity index (χ0) is 17.6. The zero-order valence-corrected chi connectivity index (χ0v) is 14.7. The van der Waals surface area contributed by atoms with Gasteiger partial charge in [0.2, 0.25) is 0 Å². The Labute approximate surface area is 147 Å². The van der Waals surface area contributed by atoms with E-state index in [0.717, 1.165) is 36.5 Å². The molecular weight excluding hydrogens is 322 g/mol. The maximum Gasteiger partial charge on any atom is 0.161 e. The molecular formula is C18H25N3O4. The Morgan fingerprint density at radius 3 is 2.92 bits per heavy atom. The van der Waals surface area contributed by atoms with Gasteiger partial charge >= 0.3 is 0 Å². The van der Waals surface area contributed by atoms with E-state index in [1.54, 1.807) is 14.2 Å². The molecule has 0 radical (unpaired) electrons. The van der Waals surface area contributed by atoms with Crippen molar-refractivity contribution in [2.75, 3.05) is 47.1 Å². The van der Waals surface area contributed by atoms with Crippen molar-refractivity contribution in [3.05, 3.63) is 30.0 Å². The van der Waals surface area contributed by atoms with Gasteiger partial charge in [0.05, 0.1) is 39.3 Å². The fraction of sp³-hybridized carbons (Fsp3) is 0.500. The number of aliphatic hydroxyl groups excluding tert-OH is 1. The molecule has 7 heteroatoms. The average Bonchev–Trinajstić information content (AvgIpc) is 2.98. The summed E-state index contributed by atoms with van der Waals surface area (Å²) in [6.45, 7) is 3.84. The Bertz CT molecular complexity index is 689. The third-order valence-electron chi connectivity index (χ3n) is 4.46. The van der Waals surface area contributed by atoms with Crippen LogP contribution in [0.4, 0.5) is 0 Å². The Balaban J connectivity index is 1.80. The normalized spacial score (nSPS) is 18.8. The topological polar surface area (TPSA) is 79.8 Å². The average molecular weight is 347 g/mol. The smallest absolute Gasteiger partial charge is 0.161 e. The van der Waals surface area contributed by atoms with Crippen molar-refractivity contribution in [3.63, 3.8) is 0 Å². The van der Waals surface area contributed by atoms with E-state index < -0.39 is 0 Å². The number of aromatic amines is 1. The number of methoxy groups -OCH3 is 2. The highest BCUT2D eigenvalue weighted by molar-refractivity contribution is 5.66. The highest BCUT2D eigenvalue weighted by atomic mass is 16.5. The maximum atomic E-state index is 9.45. The lowest BCUT2D eigenvalue weighted by Gasteiger charge is -2.22. The van der Waals surface area contributed by atoms with E-state index in [1.807, 2.05) is 24.4 Å². The number of benzene rings is 1. The number of ether oxygens (including phenoxy) is 3. The molecule has 1 fully saturated rings. The predicted molar refractivity (Wildman–Crippen MR) is 93.8 cm³/mol. The van der Waals surface area contributed by atoms with E-state index in [4.69, 9.17) is 14.2 Å². The summed E-state index contributed by atoms with van der Waals surface area (Å²) >= 11 is 0. The summed E-state index contributed by atoms with van der Waals surface area (Å²) in [5, 5.41) is 16.8. The summed E-state index contributed by atoms with van der Waals surface area (Å²) in [5.74, 6) is 1.53. The van der Waals surface area contributed by atoms with Gasteiger partial charge in [0.1, 0.15) is 0 Å². The largest absolute Gasteiger partial charge is 0.493 e. The first-order valence-electron chi connectivity index (χ1n) is 8.40. The lowest BCUT2D eigenvalue weighted by Crippen LogP contribution is -2.31. The molecule has 25 heavy (non-hydrogen) atoms. The fourth-order valence-electron chi connectivity index (χ4n) is 3.12. The Kier molecular flexibility index (Phi) is 5.91. The Morgan fingerprint density at radius 2 is 2.16 bits per heavy atom. The number of aliphatic hydroxyl groups is 1. The molecule has 2 aromatic rings. The van der Waals surface area contributed by atoms with E-state index in [-0.39, 0.29) is 12.5 Å². The quantitative estimate of drug-likeness (QED) is 0.825. The van der Waals surface area contributed by atoms with Gasteiger partial charge < -0.3 is 19.3 Å². The van der Waals surface area contributed by atoms with Crippen molar-refractivity contribution in [3.8, 4) is 22.8 Å². The van der Waals surface area contributed by atoms with Gasteiger partial charge in [-0.3, -0.25) is 10.00 Å². The van der Waals surface area contributed by atoms with Crippen LogP contribution in [0.1, 0.15) is 5.56 Å². The first-order chi connectivity index (χ1) is 12.2. The van der Waals surface area contributed by atoms with Crippen molar-refractivity contribution in [2.45, 2.75) is 6.54 Å². The molecule has 1 atom stereocenters. The number of H-pyrrole nitrogens is 1. The highest BCUT2D eigenvalue weighted by Gasteiger charge is 2.20. The minimum absolute atomic E-state index is 0.143. The highest BCUT2D eigenvalue weighted by Crippen LogP contribution is 2.33. The SMILES string of the molecule is COc1ccc(-c2[nH]ncc2CN2CCOC[C@@H](CO)C2)cc1OC. The first kappa shape index (κ1) is 17.7. The van der Waals surface area contributed by atoms with Crippen molar-refractivity contribution < 1.29 is 19.3 Å². The second-order valence-corrected chi connectivity index (χ2v) is 6.20. The van der Waals surface area contributed by atoms with Crippen LogP contribution in [0.15, 0.2) is 24.4 Å². The minimum Gasteiger partial charge on any atom is -0.493 e. The number of nitrogens with one attached hydrogen (secondary N) is 1. The zero-order valence-electron chi connectivity index (χ0n) is 14.7. The summed E-state index contributed by atoms with van der Waals surface area (Å²) < 4.78 is 16.3. The number of hydrogen-bond donors (Lipinski definition) is 2. The van der Waals surface area contributed by atoms with E-state index in [9.17, 15) is 5.11 Å². The van der Waals surface area contributed by atoms with Gasteiger partial charge in [0, 0.05) is 43.3 Å². The van der Waals surface area contributed by atoms with Crippen LogP contribution in [0.5, 0.6) is 11.5 Å². The Morgan fingerprint density at radius 1 is 1.32 bits per heavy atom. The van der Waals surface area contributed by atoms with Gasteiger partial charge in [0.25, 0.3) is 0 Å². The molecule has 0 spiro atoms. The molecule has 2 heterocycles. The molecule has 1 saturated heterocycles. The van der Waals surface area contributed by atoms with Gasteiger partial charge in [-0.1, -0.05) is 0 Å². The molecule has 0 bridgehead atoms. The van der Waals surface area contributed by atoms with Crippen molar-refractivity contribution >= 4 is 0 Å². The number of hydrogen-bond acceptors (Lipinski definition) is 6. The lowest BCUT2D eigenvalue weighted by molar-refractivity contribution is 0.0958. The summed E-state index contributed by atoms with van der Waals surface area (Å²) in [7, 11) is 3.25. The van der Waals surface area contributed by atoms with Gasteiger partial charge in [-0.05, 0) is 18.2 Å². The van der Waals surface area contributed by atoms with Crippen LogP contribution in [0.2, 0.25) is 0 Å². The molecule has 3 rings (SSSR count). The van der Waals surface area contributed by atoms with Crippen LogP contribution in [0.25, 0.3) is 11.3 Å². The monoisotopic (exact) mass is 347 g/mol. The van der Waals surface area contributed by atoms with Gasteiger partial charge in [0.15, 0.2) is 11.5 Å². The molecule has 136 valence electrons. The van der Waals surface area contributed by atoms with Gasteiger partial charge in [-0.15, -0.1) is 0 Å². The lowest BCUT2D eigenvalue weighted by atomic mass is 10.1. The molecule has 1 aliphatic heterocycles. The van der Waals surface area contributed by atoms with Crippen molar-refractivity contribution in [1.29, 1.82) is 0 Å². The number of aromatic nitrogens is 2. The van der Waals surface area contributed by atoms with E-state index in [2.05, 4.69) is 15.1 Å². The maximum absolute atomic E-state index is 9.45. The third-order valence-corrected chi connectivity index (χ3v) is 4.46. The Hall–Kier alpha value is -2.09. The minimum atomic E-state index is 0.143. The molecule has 1 aromatic carbocycles. The van der Waals surface area contributed by atoms with Crippen LogP contribution in [-0.2, 0) is 11.3 Å². The van der Waals surface area contributed by atoms with Crippen LogP contribution >= 0.6 is 0 Å². The van der Waals surface area contributed by atoms with Crippen LogP contribution < -0.4 is 9.47 Å². The molecule has 0 unspecified atom stereocenters. The molecule has 7 nitrogen and oxygen atoms in total. The molecule has 0 amide bonds. The molecule has 2 N–H and O–H groups in total. The third kappa shape index (κ3) is 4.12. The van der Waals surface area contributed by atoms with E-state index in [1.165, 1.54) is 0 Å². The van der Waals surface area contributed by atoms with E-state index >= 15 is 0 Å². The summed E-state index contributed by atoms with van der Waals surface area (Å²) in [4.78, 5) is 2.29. The van der Waals surface area contributed by atoms with Gasteiger partial charge in [-0.2, -0.15) is 5.10 Å². The molecule has 1 aliphatic rings.